The normalized spacial score (nSPS) is 16.8. The van der Waals surface area contributed by atoms with Crippen LogP contribution in [-0.2, 0) is 40.3 Å². The van der Waals surface area contributed by atoms with Crippen molar-refractivity contribution in [2.24, 2.45) is 35.0 Å². The standard InChI is InChI=1S/C44H78N12O6S2/c1-5-31(4)39(40(47)59)54-41(60)36(25-30(2)3)53-43(62)44(13-21-56(22-14-44)42(61)32(26-49-19-15-45)27-50-20-16-46)55-38(58)12-24-64-29-35-8-6-7-34(51-35)28-63-23-11-37(57)52-33-9-17-48-18-10-33/h6-8,30-33,36,39,48-50H,5,9-29,45-46H2,1-4H3,(H2,47,59)(H,52,57)(H,53,62)(H,54,60)(H,55,58)/t31-,36-,39-/m0/s1. The molecule has 3 heterocycles. The third-order valence-corrected chi connectivity index (χ3v) is 13.7. The summed E-state index contributed by atoms with van der Waals surface area (Å²) in [6.45, 7) is 12.7. The summed E-state index contributed by atoms with van der Waals surface area (Å²) in [5.74, 6) is -0.191. The number of aromatic nitrogens is 1. The molecule has 0 unspecified atom stereocenters. The van der Waals surface area contributed by atoms with Crippen molar-refractivity contribution in [1.82, 2.24) is 47.1 Å². The van der Waals surface area contributed by atoms with Crippen LogP contribution in [0.15, 0.2) is 18.2 Å². The van der Waals surface area contributed by atoms with Gasteiger partial charge in [-0.3, -0.25) is 33.8 Å². The van der Waals surface area contributed by atoms with Crippen molar-refractivity contribution in [2.75, 3.05) is 77.0 Å². The van der Waals surface area contributed by atoms with Crippen LogP contribution in [0.4, 0.5) is 0 Å². The number of nitrogens with zero attached hydrogens (tertiary/aromatic N) is 2. The highest BCUT2D eigenvalue weighted by atomic mass is 32.2. The molecule has 13 N–H and O–H groups in total. The number of hydrogen-bond donors (Lipinski definition) is 10. The maximum Gasteiger partial charge on any atom is 0.246 e. The fourth-order valence-electron chi connectivity index (χ4n) is 7.73. The number of primary amides is 1. The van der Waals surface area contributed by atoms with E-state index in [9.17, 15) is 28.8 Å². The van der Waals surface area contributed by atoms with Crippen LogP contribution in [-0.4, -0.2) is 146 Å². The number of rotatable bonds is 30. The second-order valence-electron chi connectivity index (χ2n) is 17.4. The highest BCUT2D eigenvalue weighted by Gasteiger charge is 2.45. The summed E-state index contributed by atoms with van der Waals surface area (Å²) in [7, 11) is 0. The van der Waals surface area contributed by atoms with Crippen molar-refractivity contribution in [2.45, 2.75) is 114 Å². The summed E-state index contributed by atoms with van der Waals surface area (Å²) in [5, 5.41) is 21.7. The lowest BCUT2D eigenvalue weighted by molar-refractivity contribution is -0.143. The van der Waals surface area contributed by atoms with Crippen molar-refractivity contribution < 1.29 is 28.8 Å². The summed E-state index contributed by atoms with van der Waals surface area (Å²) >= 11 is 3.23. The van der Waals surface area contributed by atoms with Crippen molar-refractivity contribution in [1.29, 1.82) is 0 Å². The van der Waals surface area contributed by atoms with E-state index in [1.165, 1.54) is 0 Å². The maximum absolute atomic E-state index is 14.5. The molecular weight excluding hydrogens is 857 g/mol. The zero-order valence-electron chi connectivity index (χ0n) is 38.6. The van der Waals surface area contributed by atoms with Crippen LogP contribution in [0, 0.1) is 17.8 Å². The number of nitrogens with two attached hydrogens (primary N) is 3. The van der Waals surface area contributed by atoms with Crippen molar-refractivity contribution in [3.63, 3.8) is 0 Å². The molecule has 1 aromatic rings. The molecule has 362 valence electrons. The Kier molecular flexibility index (Phi) is 25.6. The Balaban J connectivity index is 1.66. The second-order valence-corrected chi connectivity index (χ2v) is 19.6. The van der Waals surface area contributed by atoms with Gasteiger partial charge in [-0.15, -0.1) is 0 Å². The van der Waals surface area contributed by atoms with Crippen LogP contribution < -0.4 is 54.4 Å². The fraction of sp³-hybridized carbons (Fsp3) is 0.750. The fourth-order valence-corrected chi connectivity index (χ4v) is 9.42. The number of nitrogens with one attached hydrogen (secondary N) is 7. The summed E-state index contributed by atoms with van der Waals surface area (Å²) in [4.78, 5) is 87.0. The van der Waals surface area contributed by atoms with Gasteiger partial charge in [-0.25, -0.2) is 0 Å². The molecule has 20 heteroatoms. The molecular formula is C44H78N12O6S2. The molecule has 2 saturated heterocycles. The molecule has 0 aliphatic carbocycles. The first-order valence-corrected chi connectivity index (χ1v) is 25.4. The molecule has 0 radical (unpaired) electrons. The van der Waals surface area contributed by atoms with Gasteiger partial charge in [0.25, 0.3) is 0 Å². The number of hydrogen-bond acceptors (Lipinski definition) is 14. The monoisotopic (exact) mass is 935 g/mol. The first kappa shape index (κ1) is 54.8. The van der Waals surface area contributed by atoms with Gasteiger partial charge in [0.05, 0.1) is 17.3 Å². The largest absolute Gasteiger partial charge is 0.368 e. The Morgan fingerprint density at radius 3 is 1.98 bits per heavy atom. The van der Waals surface area contributed by atoms with Crippen molar-refractivity contribution >= 4 is 59.0 Å². The van der Waals surface area contributed by atoms with Gasteiger partial charge >= 0.3 is 0 Å². The van der Waals surface area contributed by atoms with Crippen molar-refractivity contribution in [3.8, 4) is 0 Å². The number of carbonyl (C=O) groups is 6. The molecule has 2 aliphatic heterocycles. The zero-order chi connectivity index (χ0) is 46.9. The van der Waals surface area contributed by atoms with Gasteiger partial charge in [-0.1, -0.05) is 40.2 Å². The van der Waals surface area contributed by atoms with Crippen LogP contribution in [0.3, 0.4) is 0 Å². The van der Waals surface area contributed by atoms with E-state index in [0.717, 1.165) is 37.3 Å². The molecule has 0 saturated carbocycles. The third-order valence-electron chi connectivity index (χ3n) is 11.7. The third kappa shape index (κ3) is 19.5. The minimum absolute atomic E-state index is 0.00234. The minimum atomic E-state index is -1.40. The topological polar surface area (TPSA) is 281 Å². The van der Waals surface area contributed by atoms with Crippen molar-refractivity contribution in [3.05, 3.63) is 29.6 Å². The lowest BCUT2D eigenvalue weighted by Crippen LogP contribution is -2.66. The molecule has 0 spiro atoms. The van der Waals surface area contributed by atoms with E-state index in [2.05, 4.69) is 37.2 Å². The summed E-state index contributed by atoms with van der Waals surface area (Å²) in [6, 6.07) is 4.23. The number of pyridine rings is 1. The Hall–Kier alpha value is -3.53. The first-order valence-electron chi connectivity index (χ1n) is 23.1. The minimum Gasteiger partial charge on any atom is -0.368 e. The molecule has 6 amide bonds. The van der Waals surface area contributed by atoms with E-state index in [0.29, 0.717) is 75.1 Å². The summed E-state index contributed by atoms with van der Waals surface area (Å²) in [5.41, 5.74) is 17.4. The SMILES string of the molecule is CC[C@H](C)[C@H](NC(=O)[C@H](CC(C)C)NC(=O)C1(NC(=O)CCSCc2cccc(CSCCC(=O)NC3CCNCC3)n2)CCN(C(=O)C(CNCCN)CNCCN)CC1)C(N)=O. The molecule has 64 heavy (non-hydrogen) atoms. The Bertz CT molecular complexity index is 1600. The average molecular weight is 935 g/mol. The molecule has 1 aromatic heterocycles. The molecule has 2 fully saturated rings. The smallest absolute Gasteiger partial charge is 0.246 e. The van der Waals surface area contributed by atoms with Crippen LogP contribution in [0.25, 0.3) is 0 Å². The highest BCUT2D eigenvalue weighted by Crippen LogP contribution is 2.26. The van der Waals surface area contributed by atoms with E-state index in [1.54, 1.807) is 28.4 Å². The number of thioether (sulfide) groups is 2. The molecule has 2 aliphatic rings. The average Bonchev–Trinajstić information content (AvgIpc) is 3.27. The van der Waals surface area contributed by atoms with Gasteiger partial charge in [-0.05, 0) is 69.2 Å². The quantitative estimate of drug-likeness (QED) is 0.0453. The van der Waals surface area contributed by atoms with Gasteiger partial charge in [0.2, 0.25) is 35.4 Å². The van der Waals surface area contributed by atoms with Gasteiger partial charge < -0.3 is 59.3 Å². The molecule has 3 atom stereocenters. The first-order chi connectivity index (χ1) is 30.7. The Morgan fingerprint density at radius 2 is 1.45 bits per heavy atom. The Morgan fingerprint density at radius 1 is 0.875 bits per heavy atom. The molecule has 0 aromatic carbocycles. The second kappa shape index (κ2) is 29.9. The van der Waals surface area contributed by atoms with Gasteiger partial charge in [0, 0.05) is 94.3 Å². The van der Waals surface area contributed by atoms with Gasteiger partial charge in [0.1, 0.15) is 17.6 Å². The number of carbonyl (C=O) groups excluding carboxylic acids is 6. The van der Waals surface area contributed by atoms with Gasteiger partial charge in [-0.2, -0.15) is 23.5 Å². The number of likely N-dealkylation sites (tertiary alicyclic amines) is 1. The predicted octanol–water partition coefficient (Wildman–Crippen LogP) is -0.0663. The van der Waals surface area contributed by atoms with E-state index in [1.807, 2.05) is 45.9 Å². The summed E-state index contributed by atoms with van der Waals surface area (Å²) in [6.07, 6.45) is 3.68. The number of amides is 6. The van der Waals surface area contributed by atoms with Gasteiger partial charge in [0.15, 0.2) is 0 Å². The Labute approximate surface area is 389 Å². The van der Waals surface area contributed by atoms with E-state index >= 15 is 0 Å². The molecule has 18 nitrogen and oxygen atoms in total. The molecule has 3 rings (SSSR count). The van der Waals surface area contributed by atoms with E-state index < -0.39 is 41.3 Å². The lowest BCUT2D eigenvalue weighted by atomic mass is 9.85. The van der Waals surface area contributed by atoms with E-state index in [-0.39, 0.29) is 74.4 Å². The predicted molar refractivity (Wildman–Crippen MR) is 256 cm³/mol. The van der Waals surface area contributed by atoms with Crippen LogP contribution in [0.5, 0.6) is 0 Å². The number of piperidine rings is 2. The van der Waals surface area contributed by atoms with Crippen LogP contribution >= 0.6 is 23.5 Å². The molecule has 0 bridgehead atoms. The highest BCUT2D eigenvalue weighted by molar-refractivity contribution is 7.98. The maximum atomic E-state index is 14.5. The summed E-state index contributed by atoms with van der Waals surface area (Å²) < 4.78 is 0. The lowest BCUT2D eigenvalue weighted by Gasteiger charge is -2.42. The van der Waals surface area contributed by atoms with E-state index in [4.69, 9.17) is 22.2 Å². The van der Waals surface area contributed by atoms with Crippen LogP contribution in [0.1, 0.15) is 90.4 Å². The zero-order valence-corrected chi connectivity index (χ0v) is 40.3. The van der Waals surface area contributed by atoms with Crippen LogP contribution in [0.2, 0.25) is 0 Å².